The first-order valence-corrected chi connectivity index (χ1v) is 6.84. The maximum absolute atomic E-state index is 12.0. The van der Waals surface area contributed by atoms with E-state index in [9.17, 15) is 9.59 Å². The van der Waals surface area contributed by atoms with Crippen molar-refractivity contribution in [1.29, 1.82) is 0 Å². The van der Waals surface area contributed by atoms with Gasteiger partial charge >= 0.3 is 0 Å². The lowest BCUT2D eigenvalue weighted by atomic mass is 9.95. The zero-order valence-corrected chi connectivity index (χ0v) is 11.9. The number of likely N-dealkylation sites (tertiary alicyclic amines) is 1. The van der Waals surface area contributed by atoms with Crippen LogP contribution in [0.15, 0.2) is 18.2 Å². The molecule has 1 aliphatic rings. The predicted molar refractivity (Wildman–Crippen MR) is 77.7 cm³/mol. The highest BCUT2D eigenvalue weighted by molar-refractivity contribution is 5.93. The Hall–Kier alpha value is -2.04. The summed E-state index contributed by atoms with van der Waals surface area (Å²) >= 11 is 0. The van der Waals surface area contributed by atoms with Gasteiger partial charge < -0.3 is 16.4 Å². The van der Waals surface area contributed by atoms with Gasteiger partial charge in [-0.25, -0.2) is 0 Å². The first kappa shape index (κ1) is 14.4. The second kappa shape index (κ2) is 5.53. The minimum Gasteiger partial charge on any atom is -0.398 e. The van der Waals surface area contributed by atoms with E-state index in [0.717, 1.165) is 12.1 Å². The summed E-state index contributed by atoms with van der Waals surface area (Å²) in [6.07, 6.45) is 0.608. The summed E-state index contributed by atoms with van der Waals surface area (Å²) in [4.78, 5) is 24.9. The summed E-state index contributed by atoms with van der Waals surface area (Å²) in [5.41, 5.74) is 12.9. The molecule has 1 saturated heterocycles. The van der Waals surface area contributed by atoms with Gasteiger partial charge in [0.1, 0.15) is 0 Å². The molecule has 1 atom stereocenters. The number of anilines is 1. The fraction of sp³-hybridized carbons (Fsp3) is 0.467. The molecule has 0 aromatic heterocycles. The van der Waals surface area contributed by atoms with Crippen LogP contribution in [0.5, 0.6) is 0 Å². The predicted octanol–water partition coefficient (Wildman–Crippen LogP) is 1.37. The van der Waals surface area contributed by atoms with E-state index in [-0.39, 0.29) is 5.91 Å². The average molecular weight is 275 g/mol. The number of benzene rings is 1. The molecule has 2 rings (SSSR count). The Morgan fingerprint density at radius 1 is 1.45 bits per heavy atom. The van der Waals surface area contributed by atoms with Gasteiger partial charge in [-0.3, -0.25) is 9.59 Å². The Bertz CT molecular complexity index is 540. The van der Waals surface area contributed by atoms with Crippen LogP contribution in [0.2, 0.25) is 0 Å². The van der Waals surface area contributed by atoms with E-state index >= 15 is 0 Å². The van der Waals surface area contributed by atoms with Crippen molar-refractivity contribution >= 4 is 17.5 Å². The van der Waals surface area contributed by atoms with Crippen LogP contribution in [-0.4, -0.2) is 23.3 Å². The topological polar surface area (TPSA) is 89.4 Å². The number of hydrogen-bond donors (Lipinski definition) is 2. The summed E-state index contributed by atoms with van der Waals surface area (Å²) in [6, 6.07) is 4.98. The third-order valence-electron chi connectivity index (χ3n) is 3.98. The summed E-state index contributed by atoms with van der Waals surface area (Å²) in [5.74, 6) is 0.578. The van der Waals surface area contributed by atoms with Crippen molar-refractivity contribution in [3.05, 3.63) is 29.3 Å². The normalized spacial score (nSPS) is 18.9. The first-order valence-electron chi connectivity index (χ1n) is 6.84. The van der Waals surface area contributed by atoms with Gasteiger partial charge in [-0.1, -0.05) is 19.9 Å². The van der Waals surface area contributed by atoms with Crippen LogP contribution in [0.1, 0.15) is 36.2 Å². The fourth-order valence-electron chi connectivity index (χ4n) is 2.50. The van der Waals surface area contributed by atoms with E-state index in [1.54, 1.807) is 18.2 Å². The highest BCUT2D eigenvalue weighted by atomic mass is 16.2. The number of carbonyl (C=O) groups excluding carboxylic acids is 2. The van der Waals surface area contributed by atoms with Crippen LogP contribution >= 0.6 is 0 Å². The van der Waals surface area contributed by atoms with Gasteiger partial charge in [0.2, 0.25) is 11.8 Å². The maximum Gasteiger partial charge on any atom is 0.248 e. The zero-order chi connectivity index (χ0) is 14.9. The molecule has 4 N–H and O–H groups in total. The first-order chi connectivity index (χ1) is 9.38. The second-order valence-corrected chi connectivity index (χ2v) is 5.76. The molecule has 0 bridgehead atoms. The Morgan fingerprint density at radius 2 is 2.15 bits per heavy atom. The Kier molecular flexibility index (Phi) is 3.97. The lowest BCUT2D eigenvalue weighted by Crippen LogP contribution is -2.25. The summed E-state index contributed by atoms with van der Waals surface area (Å²) in [5, 5.41) is 0. The fourth-order valence-corrected chi connectivity index (χ4v) is 2.50. The van der Waals surface area contributed by atoms with E-state index in [4.69, 9.17) is 11.5 Å². The molecular weight excluding hydrogens is 254 g/mol. The molecule has 0 radical (unpaired) electrons. The van der Waals surface area contributed by atoms with Crippen LogP contribution in [0.25, 0.3) is 0 Å². The van der Waals surface area contributed by atoms with E-state index in [2.05, 4.69) is 13.8 Å². The number of carbonyl (C=O) groups is 2. The molecule has 1 heterocycles. The summed E-state index contributed by atoms with van der Waals surface area (Å²) in [7, 11) is 0. The quantitative estimate of drug-likeness (QED) is 0.813. The van der Waals surface area contributed by atoms with Gasteiger partial charge in [-0.2, -0.15) is 0 Å². The molecule has 0 spiro atoms. The van der Waals surface area contributed by atoms with Gasteiger partial charge in [-0.15, -0.1) is 0 Å². The second-order valence-electron chi connectivity index (χ2n) is 5.76. The molecule has 20 heavy (non-hydrogen) atoms. The van der Waals surface area contributed by atoms with Crippen LogP contribution in [-0.2, 0) is 11.3 Å². The molecule has 0 saturated carbocycles. The van der Waals surface area contributed by atoms with Crippen molar-refractivity contribution in [3.8, 4) is 0 Å². The van der Waals surface area contributed by atoms with Gasteiger partial charge in [0, 0.05) is 30.8 Å². The van der Waals surface area contributed by atoms with Crippen LogP contribution in [0.4, 0.5) is 5.69 Å². The lowest BCUT2D eigenvalue weighted by molar-refractivity contribution is -0.128. The standard InChI is InChI=1S/C15H21N3O2/c1-9(2)12-6-14(19)18(8-12)7-11-4-3-10(15(17)20)5-13(11)16/h3-5,9,12H,6-8,16H2,1-2H3,(H2,17,20). The summed E-state index contributed by atoms with van der Waals surface area (Å²) < 4.78 is 0. The number of primary amides is 1. The molecule has 0 aliphatic carbocycles. The Labute approximate surface area is 118 Å². The average Bonchev–Trinajstić information content (AvgIpc) is 2.73. The molecule has 1 aromatic carbocycles. The Morgan fingerprint density at radius 3 is 2.65 bits per heavy atom. The van der Waals surface area contributed by atoms with Gasteiger partial charge in [-0.05, 0) is 29.5 Å². The molecule has 1 aliphatic heterocycles. The number of nitrogens with two attached hydrogens (primary N) is 2. The van der Waals surface area contributed by atoms with Crippen molar-refractivity contribution in [1.82, 2.24) is 4.90 Å². The van der Waals surface area contributed by atoms with Crippen LogP contribution in [0.3, 0.4) is 0 Å². The number of nitrogen functional groups attached to an aromatic ring is 1. The van der Waals surface area contributed by atoms with Gasteiger partial charge in [0.15, 0.2) is 0 Å². The van der Waals surface area contributed by atoms with Crippen molar-refractivity contribution in [3.63, 3.8) is 0 Å². The smallest absolute Gasteiger partial charge is 0.248 e. The van der Waals surface area contributed by atoms with Crippen molar-refractivity contribution in [2.45, 2.75) is 26.8 Å². The highest BCUT2D eigenvalue weighted by Gasteiger charge is 2.31. The number of amides is 2. The molecule has 2 amide bonds. The van der Waals surface area contributed by atoms with Crippen molar-refractivity contribution in [2.75, 3.05) is 12.3 Å². The summed E-state index contributed by atoms with van der Waals surface area (Å²) in [6.45, 7) is 5.54. The number of hydrogen-bond acceptors (Lipinski definition) is 3. The monoisotopic (exact) mass is 275 g/mol. The number of rotatable bonds is 4. The molecular formula is C15H21N3O2. The van der Waals surface area contributed by atoms with Crippen LogP contribution < -0.4 is 11.5 Å². The Balaban J connectivity index is 2.11. The molecule has 5 nitrogen and oxygen atoms in total. The largest absolute Gasteiger partial charge is 0.398 e. The molecule has 1 unspecified atom stereocenters. The van der Waals surface area contributed by atoms with E-state index < -0.39 is 5.91 Å². The third kappa shape index (κ3) is 2.92. The minimum absolute atomic E-state index is 0.169. The van der Waals surface area contributed by atoms with E-state index in [1.165, 1.54) is 0 Å². The SMILES string of the molecule is CC(C)C1CC(=O)N(Cc2ccc(C(N)=O)cc2N)C1. The molecule has 1 aromatic rings. The van der Waals surface area contributed by atoms with Gasteiger partial charge in [0.25, 0.3) is 0 Å². The lowest BCUT2D eigenvalue weighted by Gasteiger charge is -2.19. The highest BCUT2D eigenvalue weighted by Crippen LogP contribution is 2.27. The zero-order valence-electron chi connectivity index (χ0n) is 11.9. The van der Waals surface area contributed by atoms with E-state index in [0.29, 0.717) is 36.1 Å². The molecule has 5 heteroatoms. The molecule has 1 fully saturated rings. The minimum atomic E-state index is -0.500. The van der Waals surface area contributed by atoms with Crippen LogP contribution in [0, 0.1) is 11.8 Å². The third-order valence-corrected chi connectivity index (χ3v) is 3.98. The van der Waals surface area contributed by atoms with E-state index in [1.807, 2.05) is 4.90 Å². The van der Waals surface area contributed by atoms with Gasteiger partial charge in [0.05, 0.1) is 0 Å². The van der Waals surface area contributed by atoms with Crippen molar-refractivity contribution < 1.29 is 9.59 Å². The molecule has 108 valence electrons. The van der Waals surface area contributed by atoms with Crippen molar-refractivity contribution in [2.24, 2.45) is 17.6 Å². The number of nitrogens with zero attached hydrogens (tertiary/aromatic N) is 1. The maximum atomic E-state index is 12.0.